The van der Waals surface area contributed by atoms with Gasteiger partial charge in [0.05, 0.1) is 24.2 Å². The molecule has 0 spiro atoms. The maximum atomic E-state index is 14.7. The molecule has 35 heavy (non-hydrogen) atoms. The molecular weight excluding hydrogens is 464 g/mol. The van der Waals surface area contributed by atoms with E-state index in [0.717, 1.165) is 25.5 Å². The number of nitrogens with zero attached hydrogens (tertiary/aromatic N) is 3. The van der Waals surface area contributed by atoms with Gasteiger partial charge in [0.1, 0.15) is 24.1 Å². The van der Waals surface area contributed by atoms with Gasteiger partial charge in [0.2, 0.25) is 0 Å². The van der Waals surface area contributed by atoms with Gasteiger partial charge in [-0.25, -0.2) is 14.4 Å². The number of benzene rings is 2. The van der Waals surface area contributed by atoms with E-state index in [4.69, 9.17) is 9.47 Å². The molecule has 1 aliphatic heterocycles. The third-order valence-corrected chi connectivity index (χ3v) is 6.35. The van der Waals surface area contributed by atoms with Crippen molar-refractivity contribution in [1.82, 2.24) is 14.9 Å². The summed E-state index contributed by atoms with van der Waals surface area (Å²) in [6, 6.07) is 6.24. The monoisotopic (exact) mass is 492 g/mol. The fourth-order valence-corrected chi connectivity index (χ4v) is 4.40. The number of anilines is 1. The number of hydrogen-bond acceptors (Lipinski definition) is 6. The number of ether oxygens (including phenoxy) is 2. The van der Waals surface area contributed by atoms with Gasteiger partial charge in [-0.05, 0) is 52.4 Å². The quantitative estimate of drug-likeness (QED) is 0.424. The second-order valence-corrected chi connectivity index (χ2v) is 8.80. The summed E-state index contributed by atoms with van der Waals surface area (Å²) in [6.45, 7) is 4.79. The average Bonchev–Trinajstić information content (AvgIpc) is 3.21. The first-order chi connectivity index (χ1) is 16.6. The van der Waals surface area contributed by atoms with Crippen molar-refractivity contribution in [2.75, 3.05) is 32.6 Å². The van der Waals surface area contributed by atoms with Crippen LogP contribution < -0.4 is 14.8 Å². The Morgan fingerprint density at radius 2 is 1.97 bits per heavy atom. The standard InChI is InChI=1S/C25H28F4N4O2/c1-14(17-8-5-9-19(23(17)26)25(27,28)29)30-24-18-11-22(35-13-16-7-6-10-33(16)3)21(34-4)12-20(18)31-15(2)32-24/h5,8-9,11-12,14,16H,6-7,10,13H2,1-4H3,(H,30,31,32)/t14-,16+/m1/s1. The van der Waals surface area contributed by atoms with E-state index in [1.165, 1.54) is 12.1 Å². The van der Waals surface area contributed by atoms with E-state index in [2.05, 4.69) is 27.2 Å². The van der Waals surface area contributed by atoms with Crippen molar-refractivity contribution in [2.24, 2.45) is 0 Å². The van der Waals surface area contributed by atoms with Gasteiger partial charge in [0.25, 0.3) is 0 Å². The van der Waals surface area contributed by atoms with E-state index in [0.29, 0.717) is 46.7 Å². The molecule has 0 saturated carbocycles. The van der Waals surface area contributed by atoms with E-state index in [9.17, 15) is 17.6 Å². The topological polar surface area (TPSA) is 59.5 Å². The fourth-order valence-electron chi connectivity index (χ4n) is 4.40. The minimum atomic E-state index is -4.78. The number of likely N-dealkylation sites (N-methyl/N-ethyl adjacent to an activating group) is 1. The van der Waals surface area contributed by atoms with Crippen LogP contribution in [-0.4, -0.2) is 48.2 Å². The number of halogens is 4. The maximum absolute atomic E-state index is 14.7. The predicted octanol–water partition coefficient (Wildman–Crippen LogP) is 5.75. The maximum Gasteiger partial charge on any atom is 0.419 e. The van der Waals surface area contributed by atoms with Crippen LogP contribution in [0.1, 0.15) is 42.8 Å². The van der Waals surface area contributed by atoms with Crippen molar-refractivity contribution >= 4 is 16.7 Å². The molecular formula is C25H28F4N4O2. The molecule has 10 heteroatoms. The number of hydrogen-bond donors (Lipinski definition) is 1. The van der Waals surface area contributed by atoms with Gasteiger partial charge in [0, 0.05) is 23.1 Å². The van der Waals surface area contributed by atoms with Gasteiger partial charge in [-0.3, -0.25) is 0 Å². The number of aryl methyl sites for hydroxylation is 1. The molecule has 0 radical (unpaired) electrons. The zero-order chi connectivity index (χ0) is 25.3. The fraction of sp³-hybridized carbons (Fsp3) is 0.440. The highest BCUT2D eigenvalue weighted by atomic mass is 19.4. The summed E-state index contributed by atoms with van der Waals surface area (Å²) in [6.07, 6.45) is -2.62. The molecule has 188 valence electrons. The van der Waals surface area contributed by atoms with Crippen LogP contribution in [0.2, 0.25) is 0 Å². The summed E-state index contributed by atoms with van der Waals surface area (Å²) in [5, 5.41) is 3.66. The Bertz CT molecular complexity index is 1220. The summed E-state index contributed by atoms with van der Waals surface area (Å²) in [7, 11) is 3.60. The second kappa shape index (κ2) is 9.85. The zero-order valence-corrected chi connectivity index (χ0v) is 20.0. The molecule has 1 aromatic heterocycles. The summed E-state index contributed by atoms with van der Waals surface area (Å²) >= 11 is 0. The molecule has 2 atom stereocenters. The van der Waals surface area contributed by atoms with Gasteiger partial charge in [-0.2, -0.15) is 13.2 Å². The van der Waals surface area contributed by atoms with Crippen LogP contribution in [0.4, 0.5) is 23.4 Å². The van der Waals surface area contributed by atoms with Crippen molar-refractivity contribution in [3.05, 3.63) is 53.1 Å². The van der Waals surface area contributed by atoms with Crippen molar-refractivity contribution in [3.63, 3.8) is 0 Å². The Morgan fingerprint density at radius 3 is 2.63 bits per heavy atom. The normalized spacial score (nSPS) is 17.5. The zero-order valence-electron chi connectivity index (χ0n) is 20.0. The Labute approximate surface area is 201 Å². The summed E-state index contributed by atoms with van der Waals surface area (Å²) < 4.78 is 65.9. The highest BCUT2D eigenvalue weighted by Crippen LogP contribution is 2.37. The smallest absolute Gasteiger partial charge is 0.419 e. The van der Waals surface area contributed by atoms with Gasteiger partial charge < -0.3 is 19.7 Å². The second-order valence-electron chi connectivity index (χ2n) is 8.80. The Balaban J connectivity index is 1.68. The molecule has 4 rings (SSSR count). The highest BCUT2D eigenvalue weighted by Gasteiger charge is 2.35. The third kappa shape index (κ3) is 5.27. The first-order valence-electron chi connectivity index (χ1n) is 11.4. The lowest BCUT2D eigenvalue weighted by atomic mass is 10.0. The van der Waals surface area contributed by atoms with Crippen LogP contribution in [0.3, 0.4) is 0 Å². The van der Waals surface area contributed by atoms with Crippen molar-refractivity contribution in [2.45, 2.75) is 44.9 Å². The molecule has 6 nitrogen and oxygen atoms in total. The molecule has 0 aliphatic carbocycles. The number of aromatic nitrogens is 2. The number of nitrogens with one attached hydrogen (secondary N) is 1. The molecule has 1 N–H and O–H groups in total. The molecule has 0 bridgehead atoms. The number of likely N-dealkylation sites (tertiary alicyclic amines) is 1. The van der Waals surface area contributed by atoms with Gasteiger partial charge in [-0.1, -0.05) is 12.1 Å². The highest BCUT2D eigenvalue weighted by molar-refractivity contribution is 5.92. The molecule has 1 fully saturated rings. The first-order valence-corrected chi connectivity index (χ1v) is 11.4. The number of alkyl halides is 3. The molecule has 0 unspecified atom stereocenters. The van der Waals surface area contributed by atoms with E-state index in [1.54, 1.807) is 33.1 Å². The van der Waals surface area contributed by atoms with Crippen molar-refractivity contribution in [1.29, 1.82) is 0 Å². The van der Waals surface area contributed by atoms with Gasteiger partial charge in [0.15, 0.2) is 11.5 Å². The van der Waals surface area contributed by atoms with E-state index in [-0.39, 0.29) is 5.56 Å². The Hall–Kier alpha value is -3.14. The molecule has 2 heterocycles. The summed E-state index contributed by atoms with van der Waals surface area (Å²) in [5.74, 6) is 0.525. The lowest BCUT2D eigenvalue weighted by molar-refractivity contribution is -0.140. The van der Waals surface area contributed by atoms with E-state index >= 15 is 0 Å². The van der Waals surface area contributed by atoms with E-state index in [1.807, 2.05) is 0 Å². The number of rotatable bonds is 7. The average molecular weight is 493 g/mol. The van der Waals surface area contributed by atoms with Crippen molar-refractivity contribution < 1.29 is 27.0 Å². The van der Waals surface area contributed by atoms with Crippen LogP contribution in [0.25, 0.3) is 10.9 Å². The Kier molecular flexibility index (Phi) is 7.02. The molecule has 1 aliphatic rings. The summed E-state index contributed by atoms with van der Waals surface area (Å²) in [5.41, 5.74) is -0.845. The first kappa shape index (κ1) is 25.0. The molecule has 0 amide bonds. The van der Waals surface area contributed by atoms with Crippen LogP contribution >= 0.6 is 0 Å². The molecule has 3 aromatic rings. The molecule has 2 aromatic carbocycles. The van der Waals surface area contributed by atoms with Crippen LogP contribution in [0.15, 0.2) is 30.3 Å². The largest absolute Gasteiger partial charge is 0.493 e. The van der Waals surface area contributed by atoms with Crippen LogP contribution in [0, 0.1) is 12.7 Å². The van der Waals surface area contributed by atoms with Gasteiger partial charge in [-0.15, -0.1) is 0 Å². The Morgan fingerprint density at radius 1 is 1.20 bits per heavy atom. The minimum Gasteiger partial charge on any atom is -0.493 e. The van der Waals surface area contributed by atoms with Crippen LogP contribution in [0.5, 0.6) is 11.5 Å². The van der Waals surface area contributed by atoms with Gasteiger partial charge >= 0.3 is 6.18 Å². The predicted molar refractivity (Wildman–Crippen MR) is 125 cm³/mol. The SMILES string of the molecule is COc1cc2nc(C)nc(N[C@H](C)c3cccc(C(F)(F)F)c3F)c2cc1OC[C@@H]1CCCN1C. The minimum absolute atomic E-state index is 0.113. The van der Waals surface area contributed by atoms with Crippen LogP contribution in [-0.2, 0) is 6.18 Å². The van der Waals surface area contributed by atoms with Crippen molar-refractivity contribution in [3.8, 4) is 11.5 Å². The summed E-state index contributed by atoms with van der Waals surface area (Å²) in [4.78, 5) is 11.2. The lowest BCUT2D eigenvalue weighted by Gasteiger charge is -2.22. The lowest BCUT2D eigenvalue weighted by Crippen LogP contribution is -2.30. The molecule has 1 saturated heterocycles. The number of fused-ring (bicyclic) bond motifs is 1. The third-order valence-electron chi connectivity index (χ3n) is 6.35. The van der Waals surface area contributed by atoms with E-state index < -0.39 is 23.6 Å². The number of methoxy groups -OCH3 is 1.